The molecule has 2 heterocycles. The minimum absolute atomic E-state index is 0.142. The Morgan fingerprint density at radius 1 is 0.225 bits per heavy atom. The molecule has 2 aliphatic heterocycles. The first kappa shape index (κ1) is 80.1. The summed E-state index contributed by atoms with van der Waals surface area (Å²) < 4.78 is 0. The van der Waals surface area contributed by atoms with Gasteiger partial charge in [-0.2, -0.15) is 0 Å². The van der Waals surface area contributed by atoms with Gasteiger partial charge >= 0.3 is 0 Å². The Hall–Kier alpha value is -12.3. The fourth-order valence-electron chi connectivity index (χ4n) is 19.8. The van der Waals surface area contributed by atoms with Crippen molar-refractivity contribution in [1.82, 2.24) is 0 Å². The maximum absolute atomic E-state index is 2.66. The van der Waals surface area contributed by atoms with E-state index in [2.05, 4.69) is 448 Å². The second kappa shape index (κ2) is 32.1. The molecule has 0 fully saturated rings. The Labute approximate surface area is 715 Å². The zero-order valence-corrected chi connectivity index (χ0v) is 73.6. The van der Waals surface area contributed by atoms with Crippen LogP contribution in [0.1, 0.15) is 206 Å². The van der Waals surface area contributed by atoms with Crippen LogP contribution < -0.4 is 14.7 Å². The van der Waals surface area contributed by atoms with Crippen LogP contribution in [0.2, 0.25) is 0 Å². The molecule has 0 unspecified atom stereocenters. The fourth-order valence-corrected chi connectivity index (χ4v) is 19.8. The highest BCUT2D eigenvalue weighted by Crippen LogP contribution is 2.65. The summed E-state index contributed by atoms with van der Waals surface area (Å²) >= 11 is 0. The summed E-state index contributed by atoms with van der Waals surface area (Å²) in [5.74, 6) is 0. The lowest BCUT2D eigenvalue weighted by Crippen LogP contribution is -2.38. The lowest BCUT2D eigenvalue weighted by molar-refractivity contribution is 0.656. The number of benzene rings is 15. The van der Waals surface area contributed by atoms with Crippen LogP contribution in [-0.2, 0) is 34.5 Å². The monoisotopic (exact) mass is 1560 g/mol. The van der Waals surface area contributed by atoms with E-state index in [1.807, 2.05) is 0 Å². The summed E-state index contributed by atoms with van der Waals surface area (Å²) in [6.07, 6.45) is 6.88. The molecule has 2 aliphatic carbocycles. The number of unbranched alkanes of at least 4 members (excludes halogenated alkanes) is 2. The van der Waals surface area contributed by atoms with Gasteiger partial charge in [0.1, 0.15) is 0 Å². The lowest BCUT2D eigenvalue weighted by Gasteiger charge is -2.47. The van der Waals surface area contributed by atoms with E-state index in [4.69, 9.17) is 0 Å². The quantitative estimate of drug-likeness (QED) is 0.101. The molecule has 15 aromatic carbocycles. The van der Waals surface area contributed by atoms with Gasteiger partial charge in [0.15, 0.2) is 0 Å². The average Bonchev–Trinajstić information content (AvgIpc) is 1.41. The number of aryl methyl sites for hydroxylation is 13. The number of hydrogen-bond donors (Lipinski definition) is 0. The van der Waals surface area contributed by atoms with Crippen molar-refractivity contribution in [3.05, 3.63) is 455 Å². The molecule has 598 valence electrons. The van der Waals surface area contributed by atoms with Gasteiger partial charge in [-0.25, -0.2) is 0 Å². The third-order valence-corrected chi connectivity index (χ3v) is 26.6. The smallest absolute Gasteiger partial charge is 0.0742 e. The first-order chi connectivity index (χ1) is 57.9. The summed E-state index contributed by atoms with van der Waals surface area (Å²) in [5.41, 5.74) is 47.3. The second-order valence-corrected chi connectivity index (χ2v) is 36.2. The zero-order valence-electron chi connectivity index (χ0n) is 73.6. The standard InChI is InChI=1S/C79H76N2.C21H21N.C17H18/c1-11-13-15-57-27-39-63(40-28-57)80-73-43-25-55(7)45-69(73)78(59-31-17-51(3)18-32-59,60-33-19-52(4)20-34-60)71-47-65-66-48-72-76(50-68(66)77(9,10)67(65)49-75(71)80)81(64-41-29-58(30-42-64)16-14-12-2)74-44-26-56(8)46-70(74)79(72,61-35-21-53(5)22-36-61)62-37-23-54(6)24-38-62;1-16-4-10-19(11-5-16)22(20-12-6-17(2)7-13-20)21-14-8-18(3)9-15-21;1-11-5-7-13-14-8-6-12(2)10-16(14)17(3,4)15(13)9-11/h17-50H,11-16H2,1-10H3;4-15H,1-3H3;5-10H,1-4H3. The van der Waals surface area contributed by atoms with Crippen molar-refractivity contribution in [2.24, 2.45) is 0 Å². The Kier molecular flexibility index (Phi) is 21.4. The lowest BCUT2D eigenvalue weighted by atomic mass is 9.61. The summed E-state index contributed by atoms with van der Waals surface area (Å²) in [5, 5.41) is 0. The van der Waals surface area contributed by atoms with Crippen molar-refractivity contribution in [1.29, 1.82) is 0 Å². The van der Waals surface area contributed by atoms with Crippen molar-refractivity contribution in [2.75, 3.05) is 14.7 Å². The molecule has 0 saturated heterocycles. The molecule has 0 atom stereocenters. The first-order valence-electron chi connectivity index (χ1n) is 43.8. The van der Waals surface area contributed by atoms with Crippen molar-refractivity contribution in [3.8, 4) is 22.3 Å². The Bertz CT molecular complexity index is 5780. The number of anilines is 9. The van der Waals surface area contributed by atoms with E-state index in [1.165, 1.54) is 238 Å². The Morgan fingerprint density at radius 2 is 0.467 bits per heavy atom. The molecule has 120 heavy (non-hydrogen) atoms. The van der Waals surface area contributed by atoms with Crippen LogP contribution in [-0.4, -0.2) is 0 Å². The third-order valence-electron chi connectivity index (χ3n) is 26.6. The second-order valence-electron chi connectivity index (χ2n) is 36.2. The van der Waals surface area contributed by atoms with Crippen LogP contribution in [0.3, 0.4) is 0 Å². The molecule has 0 aromatic heterocycles. The first-order valence-corrected chi connectivity index (χ1v) is 43.8. The largest absolute Gasteiger partial charge is 0.311 e. The molecule has 15 aromatic rings. The molecule has 0 N–H and O–H groups in total. The topological polar surface area (TPSA) is 9.72 Å². The number of rotatable bonds is 15. The van der Waals surface area contributed by atoms with E-state index in [-0.39, 0.29) is 10.8 Å². The summed E-state index contributed by atoms with van der Waals surface area (Å²) in [6.45, 7) is 38.3. The van der Waals surface area contributed by atoms with E-state index in [0.717, 1.165) is 12.8 Å². The van der Waals surface area contributed by atoms with Crippen LogP contribution in [0, 0.1) is 76.2 Å². The highest BCUT2D eigenvalue weighted by molar-refractivity contribution is 5.98. The SMILES string of the molecule is CCCCc1ccc(N2c3ccc(C)cc3C(c3ccc(C)cc3)(c3ccc(C)cc3)c3cc4c(cc32)C(C)(C)c2cc3c(cc2-4)C(c2ccc(C)cc2)(c2ccc(C)cc2)c2cc(C)ccc2N3c2ccc(CCCC)cc2)cc1.Cc1ccc(N(c2ccc(C)cc2)c2ccc(C)cc2)cc1.Cc1ccc2c(c1)C(C)(C)c1cc(C)ccc1-2. The van der Waals surface area contributed by atoms with Gasteiger partial charge < -0.3 is 14.7 Å². The molecule has 0 bridgehead atoms. The molecular weight excluding hydrogens is 1450 g/mol. The van der Waals surface area contributed by atoms with Crippen molar-refractivity contribution in [3.63, 3.8) is 0 Å². The van der Waals surface area contributed by atoms with Crippen molar-refractivity contribution in [2.45, 2.75) is 178 Å². The molecule has 4 aliphatic rings. The van der Waals surface area contributed by atoms with Crippen LogP contribution in [0.4, 0.5) is 51.2 Å². The molecular formula is C117H115N3. The molecule has 3 heteroatoms. The van der Waals surface area contributed by atoms with Gasteiger partial charge in [0.2, 0.25) is 0 Å². The van der Waals surface area contributed by atoms with Gasteiger partial charge in [-0.05, 0) is 299 Å². The predicted octanol–water partition coefficient (Wildman–Crippen LogP) is 31.6. The molecule has 0 radical (unpaired) electrons. The van der Waals surface area contributed by atoms with Crippen LogP contribution in [0.5, 0.6) is 0 Å². The van der Waals surface area contributed by atoms with E-state index < -0.39 is 10.8 Å². The highest BCUT2D eigenvalue weighted by Gasteiger charge is 2.52. The number of nitrogens with zero attached hydrogens (tertiary/aromatic N) is 3. The Morgan fingerprint density at radius 3 is 0.750 bits per heavy atom. The summed E-state index contributed by atoms with van der Waals surface area (Å²) in [6, 6.07) is 121. The van der Waals surface area contributed by atoms with Crippen LogP contribution >= 0.6 is 0 Å². The van der Waals surface area contributed by atoms with Gasteiger partial charge in [0.25, 0.3) is 0 Å². The third kappa shape index (κ3) is 14.2. The average molecular weight is 1560 g/mol. The van der Waals surface area contributed by atoms with Crippen molar-refractivity contribution >= 4 is 51.2 Å². The van der Waals surface area contributed by atoms with Gasteiger partial charge in [-0.3, -0.25) is 0 Å². The predicted molar refractivity (Wildman–Crippen MR) is 512 cm³/mol. The van der Waals surface area contributed by atoms with E-state index in [9.17, 15) is 0 Å². The van der Waals surface area contributed by atoms with Crippen LogP contribution in [0.25, 0.3) is 22.3 Å². The normalized spacial score (nSPS) is 14.1. The minimum atomic E-state index is -0.671. The van der Waals surface area contributed by atoms with E-state index in [0.29, 0.717) is 0 Å². The van der Waals surface area contributed by atoms with E-state index in [1.54, 1.807) is 0 Å². The molecule has 0 saturated carbocycles. The van der Waals surface area contributed by atoms with Gasteiger partial charge in [-0.15, -0.1) is 0 Å². The number of hydrogen-bond acceptors (Lipinski definition) is 3. The maximum atomic E-state index is 2.66. The van der Waals surface area contributed by atoms with Gasteiger partial charge in [-0.1, -0.05) is 334 Å². The molecule has 0 amide bonds. The molecule has 3 nitrogen and oxygen atoms in total. The van der Waals surface area contributed by atoms with Crippen LogP contribution in [0.15, 0.2) is 315 Å². The summed E-state index contributed by atoms with van der Waals surface area (Å²) in [4.78, 5) is 7.49. The van der Waals surface area contributed by atoms with E-state index >= 15 is 0 Å². The minimum Gasteiger partial charge on any atom is -0.311 e. The Balaban J connectivity index is 0.000000213. The van der Waals surface area contributed by atoms with Gasteiger partial charge in [0.05, 0.1) is 33.6 Å². The fraction of sp³-hybridized carbons (Fsp3) is 0.231. The molecule has 0 spiro atoms. The molecule has 19 rings (SSSR count). The zero-order chi connectivity index (χ0) is 83.7. The van der Waals surface area contributed by atoms with Crippen molar-refractivity contribution < 1.29 is 0 Å². The van der Waals surface area contributed by atoms with Gasteiger partial charge in [0, 0.05) is 39.3 Å². The highest BCUT2D eigenvalue weighted by atomic mass is 15.2. The maximum Gasteiger partial charge on any atom is 0.0742 e. The number of fused-ring (bicyclic) bond motifs is 10. The summed E-state index contributed by atoms with van der Waals surface area (Å²) in [7, 11) is 0.